The van der Waals surface area contributed by atoms with Gasteiger partial charge in [0.1, 0.15) is 0 Å². The van der Waals surface area contributed by atoms with Crippen molar-refractivity contribution in [3.63, 3.8) is 0 Å². The molecule has 2 atom stereocenters. The smallest absolute Gasteiger partial charge is 0.253 e. The molecule has 0 saturated heterocycles. The van der Waals surface area contributed by atoms with E-state index < -0.39 is 0 Å². The second-order valence-electron chi connectivity index (χ2n) is 5.06. The van der Waals surface area contributed by atoms with Crippen LogP contribution in [0.5, 0.6) is 0 Å². The highest BCUT2D eigenvalue weighted by Crippen LogP contribution is 2.20. The molecule has 1 rings (SSSR count). The van der Waals surface area contributed by atoms with Crippen LogP contribution < -0.4 is 10.6 Å². The van der Waals surface area contributed by atoms with E-state index in [1.807, 2.05) is 13.0 Å². The minimum absolute atomic E-state index is 0.0809. The average Bonchev–Trinajstić information content (AvgIpc) is 2.38. The van der Waals surface area contributed by atoms with Crippen molar-refractivity contribution in [1.29, 1.82) is 0 Å². The summed E-state index contributed by atoms with van der Waals surface area (Å²) >= 11 is 5.95. The van der Waals surface area contributed by atoms with Crippen LogP contribution in [-0.2, 0) is 0 Å². The van der Waals surface area contributed by atoms with Crippen LogP contribution in [0, 0.1) is 5.92 Å². The number of rotatable bonds is 6. The zero-order chi connectivity index (χ0) is 14.4. The van der Waals surface area contributed by atoms with Crippen molar-refractivity contribution in [2.24, 2.45) is 5.92 Å². The second-order valence-corrected chi connectivity index (χ2v) is 5.50. The molecule has 0 aliphatic rings. The first kappa shape index (κ1) is 15.8. The van der Waals surface area contributed by atoms with Crippen molar-refractivity contribution in [3.05, 3.63) is 28.8 Å². The maximum absolute atomic E-state index is 12.2. The number of hydrogen-bond acceptors (Lipinski definition) is 2. The Morgan fingerprint density at radius 3 is 2.63 bits per heavy atom. The van der Waals surface area contributed by atoms with Gasteiger partial charge in [-0.25, -0.2) is 0 Å². The van der Waals surface area contributed by atoms with E-state index in [0.29, 0.717) is 16.5 Å². The van der Waals surface area contributed by atoms with Crippen LogP contribution in [0.2, 0.25) is 5.02 Å². The van der Waals surface area contributed by atoms with Gasteiger partial charge >= 0.3 is 0 Å². The van der Waals surface area contributed by atoms with Crippen molar-refractivity contribution in [1.82, 2.24) is 5.32 Å². The van der Waals surface area contributed by atoms with Gasteiger partial charge < -0.3 is 10.6 Å². The summed E-state index contributed by atoms with van der Waals surface area (Å²) in [6.45, 7) is 6.39. The fourth-order valence-corrected chi connectivity index (χ4v) is 2.23. The monoisotopic (exact) mass is 282 g/mol. The number of hydrogen-bond donors (Lipinski definition) is 2. The average molecular weight is 283 g/mol. The van der Waals surface area contributed by atoms with E-state index in [-0.39, 0.29) is 11.9 Å². The van der Waals surface area contributed by atoms with Crippen LogP contribution in [0.25, 0.3) is 0 Å². The molecule has 106 valence electrons. The predicted octanol–water partition coefficient (Wildman–Crippen LogP) is 3.94. The molecule has 0 aliphatic carbocycles. The van der Waals surface area contributed by atoms with E-state index in [4.69, 9.17) is 11.6 Å². The Labute approximate surface area is 120 Å². The van der Waals surface area contributed by atoms with E-state index in [9.17, 15) is 4.79 Å². The second kappa shape index (κ2) is 7.39. The Balaban J connectivity index is 2.75. The third-order valence-corrected chi connectivity index (χ3v) is 3.56. The summed E-state index contributed by atoms with van der Waals surface area (Å²) in [5.74, 6) is 0.529. The van der Waals surface area contributed by atoms with Gasteiger partial charge in [0.15, 0.2) is 0 Å². The summed E-state index contributed by atoms with van der Waals surface area (Å²) < 4.78 is 0. The van der Waals surface area contributed by atoms with Gasteiger partial charge in [0, 0.05) is 23.8 Å². The van der Waals surface area contributed by atoms with Gasteiger partial charge in [0.25, 0.3) is 5.91 Å². The van der Waals surface area contributed by atoms with E-state index in [2.05, 4.69) is 24.5 Å². The molecule has 1 aromatic rings. The van der Waals surface area contributed by atoms with Crippen LogP contribution in [0.15, 0.2) is 18.2 Å². The highest BCUT2D eigenvalue weighted by molar-refractivity contribution is 6.31. The fourth-order valence-electron chi connectivity index (χ4n) is 2.05. The molecule has 0 bridgehead atoms. The molecule has 0 fully saturated rings. The largest absolute Gasteiger partial charge is 0.387 e. The van der Waals surface area contributed by atoms with Crippen molar-refractivity contribution >= 4 is 23.2 Å². The molecular weight excluding hydrogens is 260 g/mol. The maximum Gasteiger partial charge on any atom is 0.253 e. The van der Waals surface area contributed by atoms with Crippen molar-refractivity contribution in [2.45, 2.75) is 39.7 Å². The highest BCUT2D eigenvalue weighted by atomic mass is 35.5. The number of carbonyl (C=O) groups is 1. The van der Waals surface area contributed by atoms with Crippen LogP contribution >= 0.6 is 11.6 Å². The van der Waals surface area contributed by atoms with Gasteiger partial charge in [-0.05, 0) is 37.5 Å². The number of carbonyl (C=O) groups excluding carboxylic acids is 1. The highest BCUT2D eigenvalue weighted by Gasteiger charge is 2.15. The standard InChI is InChI=1S/C15H23ClN2O/c1-5-10(2)8-11(3)18-15(19)13-9-12(16)6-7-14(13)17-4/h6-7,9-11,17H,5,8H2,1-4H3,(H,18,19). The third-order valence-electron chi connectivity index (χ3n) is 3.33. The lowest BCUT2D eigenvalue weighted by atomic mass is 10.00. The molecule has 0 heterocycles. The third kappa shape index (κ3) is 4.75. The van der Waals surface area contributed by atoms with Gasteiger partial charge in [-0.3, -0.25) is 4.79 Å². The molecule has 0 aliphatic heterocycles. The summed E-state index contributed by atoms with van der Waals surface area (Å²) in [5.41, 5.74) is 1.38. The lowest BCUT2D eigenvalue weighted by molar-refractivity contribution is 0.0936. The molecule has 19 heavy (non-hydrogen) atoms. The lowest BCUT2D eigenvalue weighted by Gasteiger charge is -2.18. The molecule has 1 aromatic carbocycles. The number of nitrogens with one attached hydrogen (secondary N) is 2. The maximum atomic E-state index is 12.2. The van der Waals surface area contributed by atoms with Gasteiger partial charge in [-0.15, -0.1) is 0 Å². The van der Waals surface area contributed by atoms with E-state index >= 15 is 0 Å². The normalized spacial score (nSPS) is 13.7. The minimum atomic E-state index is -0.0809. The Hall–Kier alpha value is -1.22. The predicted molar refractivity (Wildman–Crippen MR) is 82.0 cm³/mol. The minimum Gasteiger partial charge on any atom is -0.387 e. The van der Waals surface area contributed by atoms with Crippen LogP contribution in [0.1, 0.15) is 44.0 Å². The molecule has 1 amide bonds. The Kier molecular flexibility index (Phi) is 6.16. The topological polar surface area (TPSA) is 41.1 Å². The first-order valence-electron chi connectivity index (χ1n) is 6.76. The molecule has 0 radical (unpaired) electrons. The van der Waals surface area contributed by atoms with Gasteiger partial charge in [-0.2, -0.15) is 0 Å². The number of amides is 1. The summed E-state index contributed by atoms with van der Waals surface area (Å²) in [4.78, 5) is 12.2. The molecule has 2 N–H and O–H groups in total. The first-order valence-corrected chi connectivity index (χ1v) is 7.13. The van der Waals surface area contributed by atoms with Crippen molar-refractivity contribution < 1.29 is 4.79 Å². The van der Waals surface area contributed by atoms with Crippen LogP contribution in [0.3, 0.4) is 0 Å². The first-order chi connectivity index (χ1) is 8.97. The Bertz CT molecular complexity index is 434. The van der Waals surface area contributed by atoms with Crippen molar-refractivity contribution in [2.75, 3.05) is 12.4 Å². The summed E-state index contributed by atoms with van der Waals surface area (Å²) in [6, 6.07) is 5.44. The fraction of sp³-hybridized carbons (Fsp3) is 0.533. The van der Waals surface area contributed by atoms with E-state index in [1.54, 1.807) is 19.2 Å². The van der Waals surface area contributed by atoms with Crippen LogP contribution in [-0.4, -0.2) is 19.0 Å². The molecule has 4 heteroatoms. The number of anilines is 1. The molecule has 0 spiro atoms. The summed E-state index contributed by atoms with van der Waals surface area (Å²) in [6.07, 6.45) is 2.11. The van der Waals surface area contributed by atoms with Crippen LogP contribution in [0.4, 0.5) is 5.69 Å². The number of halogens is 1. The van der Waals surface area contributed by atoms with E-state index in [1.165, 1.54) is 0 Å². The van der Waals surface area contributed by atoms with E-state index in [0.717, 1.165) is 18.5 Å². The van der Waals surface area contributed by atoms with Gasteiger partial charge in [0.2, 0.25) is 0 Å². The Morgan fingerprint density at radius 2 is 2.05 bits per heavy atom. The molecular formula is C15H23ClN2O. The summed E-state index contributed by atoms with van der Waals surface area (Å²) in [7, 11) is 1.79. The molecule has 0 saturated carbocycles. The quantitative estimate of drug-likeness (QED) is 0.830. The van der Waals surface area contributed by atoms with Crippen molar-refractivity contribution in [3.8, 4) is 0 Å². The van der Waals surface area contributed by atoms with Gasteiger partial charge in [0.05, 0.1) is 5.56 Å². The molecule has 2 unspecified atom stereocenters. The Morgan fingerprint density at radius 1 is 1.37 bits per heavy atom. The van der Waals surface area contributed by atoms with Gasteiger partial charge in [-0.1, -0.05) is 31.9 Å². The molecule has 0 aromatic heterocycles. The summed E-state index contributed by atoms with van der Waals surface area (Å²) in [5, 5.41) is 6.60. The lowest BCUT2D eigenvalue weighted by Crippen LogP contribution is -2.34. The zero-order valence-electron chi connectivity index (χ0n) is 12.1. The number of benzene rings is 1. The SMILES string of the molecule is CCC(C)CC(C)NC(=O)c1cc(Cl)ccc1NC. The molecule has 3 nitrogen and oxygen atoms in total. The zero-order valence-corrected chi connectivity index (χ0v) is 12.8.